The number of thiophene rings is 1. The predicted molar refractivity (Wildman–Crippen MR) is 98.7 cm³/mol. The highest BCUT2D eigenvalue weighted by molar-refractivity contribution is 7.10. The molecule has 2 heterocycles. The van der Waals surface area contributed by atoms with Gasteiger partial charge in [-0.25, -0.2) is 4.39 Å². The lowest BCUT2D eigenvalue weighted by Crippen LogP contribution is -2.40. The molecule has 0 fully saturated rings. The molecule has 2 aromatic rings. The molecule has 2 amide bonds. The zero-order valence-corrected chi connectivity index (χ0v) is 15.6. The topological polar surface area (TPSA) is 58.6 Å². The number of anilines is 1. The SMILES string of the molecule is COCCN(Cc1sccc1C)C(=O)[C@H]1CC(=O)Nc2ccc(F)cc21. The van der Waals surface area contributed by atoms with Gasteiger partial charge in [-0.3, -0.25) is 9.59 Å². The maximum Gasteiger partial charge on any atom is 0.231 e. The number of rotatable bonds is 6. The van der Waals surface area contributed by atoms with Crippen molar-refractivity contribution >= 4 is 28.8 Å². The van der Waals surface area contributed by atoms with Crippen LogP contribution < -0.4 is 5.32 Å². The number of benzene rings is 1. The highest BCUT2D eigenvalue weighted by Gasteiger charge is 2.34. The zero-order chi connectivity index (χ0) is 18.7. The lowest BCUT2D eigenvalue weighted by molar-refractivity contribution is -0.136. The van der Waals surface area contributed by atoms with Crippen molar-refractivity contribution in [2.45, 2.75) is 25.8 Å². The molecule has 0 radical (unpaired) electrons. The van der Waals surface area contributed by atoms with Crippen LogP contribution in [-0.2, 0) is 20.9 Å². The van der Waals surface area contributed by atoms with E-state index in [1.165, 1.54) is 18.2 Å². The molecular weight excluding hydrogens is 355 g/mol. The summed E-state index contributed by atoms with van der Waals surface area (Å²) in [6, 6.07) is 6.13. The van der Waals surface area contributed by atoms with Gasteiger partial charge in [-0.1, -0.05) is 0 Å². The van der Waals surface area contributed by atoms with Gasteiger partial charge in [-0.2, -0.15) is 0 Å². The quantitative estimate of drug-likeness (QED) is 0.842. The lowest BCUT2D eigenvalue weighted by atomic mass is 9.89. The Kier molecular flexibility index (Phi) is 5.68. The monoisotopic (exact) mass is 376 g/mol. The molecular formula is C19H21FN2O3S. The molecule has 0 unspecified atom stereocenters. The molecule has 1 atom stereocenters. The molecule has 1 aliphatic heterocycles. The van der Waals surface area contributed by atoms with Crippen molar-refractivity contribution in [2.75, 3.05) is 25.6 Å². The van der Waals surface area contributed by atoms with E-state index < -0.39 is 11.7 Å². The van der Waals surface area contributed by atoms with Crippen molar-refractivity contribution in [2.24, 2.45) is 0 Å². The molecule has 26 heavy (non-hydrogen) atoms. The third-order valence-corrected chi connectivity index (χ3v) is 5.54. The molecule has 3 rings (SSSR count). The van der Waals surface area contributed by atoms with Crippen LogP contribution in [0.5, 0.6) is 0 Å². The summed E-state index contributed by atoms with van der Waals surface area (Å²) in [4.78, 5) is 28.1. The number of ether oxygens (including phenoxy) is 1. The number of methoxy groups -OCH3 is 1. The summed E-state index contributed by atoms with van der Waals surface area (Å²) in [5.41, 5.74) is 2.15. The maximum atomic E-state index is 13.7. The fraction of sp³-hybridized carbons (Fsp3) is 0.368. The fourth-order valence-electron chi connectivity index (χ4n) is 3.08. The summed E-state index contributed by atoms with van der Waals surface area (Å²) in [5.74, 6) is -1.53. The average Bonchev–Trinajstić information content (AvgIpc) is 3.02. The molecule has 0 spiro atoms. The number of nitrogens with zero attached hydrogens (tertiary/aromatic N) is 1. The number of nitrogens with one attached hydrogen (secondary N) is 1. The summed E-state index contributed by atoms with van der Waals surface area (Å²) in [5, 5.41) is 4.70. The summed E-state index contributed by atoms with van der Waals surface area (Å²) in [6.07, 6.45) is 0.0161. The highest BCUT2D eigenvalue weighted by Crippen LogP contribution is 2.34. The Morgan fingerprint density at radius 2 is 2.23 bits per heavy atom. The average molecular weight is 376 g/mol. The minimum absolute atomic E-state index is 0.0161. The summed E-state index contributed by atoms with van der Waals surface area (Å²) >= 11 is 1.59. The zero-order valence-electron chi connectivity index (χ0n) is 14.8. The van der Waals surface area contributed by atoms with Gasteiger partial charge in [-0.15, -0.1) is 11.3 Å². The van der Waals surface area contributed by atoms with E-state index in [9.17, 15) is 14.0 Å². The Labute approximate surface area is 155 Å². The third-order valence-electron chi connectivity index (χ3n) is 4.53. The predicted octanol–water partition coefficient (Wildman–Crippen LogP) is 3.30. The van der Waals surface area contributed by atoms with E-state index in [-0.39, 0.29) is 18.2 Å². The van der Waals surface area contributed by atoms with Gasteiger partial charge in [0.15, 0.2) is 0 Å². The molecule has 0 aliphatic carbocycles. The Balaban J connectivity index is 1.90. The van der Waals surface area contributed by atoms with Crippen LogP contribution >= 0.6 is 11.3 Å². The second-order valence-corrected chi connectivity index (χ2v) is 7.32. The summed E-state index contributed by atoms with van der Waals surface area (Å²) in [7, 11) is 1.58. The number of hydrogen-bond acceptors (Lipinski definition) is 4. The molecule has 1 aromatic carbocycles. The normalized spacial score (nSPS) is 16.1. The van der Waals surface area contributed by atoms with E-state index in [2.05, 4.69) is 5.32 Å². The Bertz CT molecular complexity index is 821. The van der Waals surface area contributed by atoms with Crippen LogP contribution in [0.25, 0.3) is 0 Å². The lowest BCUT2D eigenvalue weighted by Gasteiger charge is -2.30. The van der Waals surface area contributed by atoms with Crippen LogP contribution in [0.1, 0.15) is 28.3 Å². The van der Waals surface area contributed by atoms with Crippen LogP contribution in [0.15, 0.2) is 29.6 Å². The number of aryl methyl sites for hydroxylation is 1. The summed E-state index contributed by atoms with van der Waals surface area (Å²) in [6.45, 7) is 3.26. The fourth-order valence-corrected chi connectivity index (χ4v) is 4.00. The van der Waals surface area contributed by atoms with Crippen LogP contribution in [0.2, 0.25) is 0 Å². The van der Waals surface area contributed by atoms with Gasteiger partial charge in [0.05, 0.1) is 19.1 Å². The van der Waals surface area contributed by atoms with Gasteiger partial charge in [0.2, 0.25) is 11.8 Å². The van der Waals surface area contributed by atoms with Gasteiger partial charge < -0.3 is 15.0 Å². The van der Waals surface area contributed by atoms with Gasteiger partial charge >= 0.3 is 0 Å². The van der Waals surface area contributed by atoms with Crippen LogP contribution in [0, 0.1) is 12.7 Å². The molecule has 0 bridgehead atoms. The standard InChI is InChI=1S/C19H21FN2O3S/c1-12-5-8-26-17(12)11-22(6-7-25-2)19(24)15-10-18(23)21-16-4-3-13(20)9-14(15)16/h3-5,8-9,15H,6-7,10-11H2,1-2H3,(H,21,23)/t15-/m0/s1. The first-order valence-corrected chi connectivity index (χ1v) is 9.27. The van der Waals surface area contributed by atoms with Crippen molar-refractivity contribution in [3.63, 3.8) is 0 Å². The molecule has 1 aromatic heterocycles. The highest BCUT2D eigenvalue weighted by atomic mass is 32.1. The van der Waals surface area contributed by atoms with E-state index in [1.807, 2.05) is 18.4 Å². The first-order chi connectivity index (χ1) is 12.5. The molecule has 0 saturated heterocycles. The molecule has 1 aliphatic rings. The molecule has 7 heteroatoms. The minimum Gasteiger partial charge on any atom is -0.383 e. The van der Waals surface area contributed by atoms with Gasteiger partial charge in [0.1, 0.15) is 5.82 Å². The molecule has 5 nitrogen and oxygen atoms in total. The van der Waals surface area contributed by atoms with Gasteiger partial charge in [0, 0.05) is 30.6 Å². The Hall–Kier alpha value is -2.25. The van der Waals surface area contributed by atoms with E-state index >= 15 is 0 Å². The Morgan fingerprint density at radius 3 is 2.92 bits per heavy atom. The first kappa shape index (κ1) is 18.5. The van der Waals surface area contributed by atoms with E-state index in [4.69, 9.17) is 4.74 Å². The van der Waals surface area contributed by atoms with Crippen molar-refractivity contribution in [1.82, 2.24) is 4.90 Å². The largest absolute Gasteiger partial charge is 0.383 e. The number of amides is 2. The van der Waals surface area contributed by atoms with Gasteiger partial charge in [0.25, 0.3) is 0 Å². The van der Waals surface area contributed by atoms with Crippen molar-refractivity contribution < 1.29 is 18.7 Å². The van der Waals surface area contributed by atoms with E-state index in [0.717, 1.165) is 10.4 Å². The van der Waals surface area contributed by atoms with Gasteiger partial charge in [-0.05, 0) is 47.7 Å². The van der Waals surface area contributed by atoms with E-state index in [1.54, 1.807) is 23.3 Å². The first-order valence-electron chi connectivity index (χ1n) is 8.39. The third kappa shape index (κ3) is 3.94. The second-order valence-electron chi connectivity index (χ2n) is 6.32. The van der Waals surface area contributed by atoms with Crippen molar-refractivity contribution in [3.05, 3.63) is 51.5 Å². The summed E-state index contributed by atoms with van der Waals surface area (Å²) < 4.78 is 18.9. The number of carbonyl (C=O) groups is 2. The molecule has 0 saturated carbocycles. The Morgan fingerprint density at radius 1 is 1.42 bits per heavy atom. The maximum absolute atomic E-state index is 13.7. The number of fused-ring (bicyclic) bond motifs is 1. The number of carbonyl (C=O) groups excluding carboxylic acids is 2. The molecule has 138 valence electrons. The van der Waals surface area contributed by atoms with Crippen molar-refractivity contribution in [3.8, 4) is 0 Å². The number of halogens is 1. The van der Waals surface area contributed by atoms with E-state index in [0.29, 0.717) is 30.9 Å². The van der Waals surface area contributed by atoms with Crippen molar-refractivity contribution in [1.29, 1.82) is 0 Å². The van der Waals surface area contributed by atoms with Crippen LogP contribution in [-0.4, -0.2) is 37.0 Å². The smallest absolute Gasteiger partial charge is 0.231 e. The number of hydrogen-bond donors (Lipinski definition) is 1. The van der Waals surface area contributed by atoms with Crippen LogP contribution in [0.4, 0.5) is 10.1 Å². The second kappa shape index (κ2) is 7.97. The minimum atomic E-state index is -0.688. The molecule has 1 N–H and O–H groups in total. The van der Waals surface area contributed by atoms with Crippen LogP contribution in [0.3, 0.4) is 0 Å².